The van der Waals surface area contributed by atoms with Gasteiger partial charge in [-0.1, -0.05) is 53.0 Å². The van der Waals surface area contributed by atoms with Crippen molar-refractivity contribution >= 4 is 5.78 Å². The van der Waals surface area contributed by atoms with Crippen LogP contribution in [0.5, 0.6) is 0 Å². The van der Waals surface area contributed by atoms with Gasteiger partial charge in [-0.3, -0.25) is 4.79 Å². The summed E-state index contributed by atoms with van der Waals surface area (Å²) in [5.41, 5.74) is 3.04. The first kappa shape index (κ1) is 14.8. The standard InChI is InChI=1S/C18H30O/c1-13-11-16(2,3)12-14(19)15(13)18(6)10-8-7-9-17(18,4)5/h7-12H2,1-6H3. The minimum Gasteiger partial charge on any atom is -0.295 e. The first-order valence-electron chi connectivity index (χ1n) is 7.83. The van der Waals surface area contributed by atoms with E-state index in [-0.39, 0.29) is 16.2 Å². The second-order valence-corrected chi connectivity index (χ2v) is 8.52. The van der Waals surface area contributed by atoms with Crippen molar-refractivity contribution < 1.29 is 4.79 Å². The molecule has 0 aromatic carbocycles. The molecule has 0 saturated heterocycles. The van der Waals surface area contributed by atoms with E-state index >= 15 is 0 Å². The number of hydrogen-bond acceptors (Lipinski definition) is 1. The largest absolute Gasteiger partial charge is 0.295 e. The summed E-state index contributed by atoms with van der Waals surface area (Å²) in [6.07, 6.45) is 6.82. The Hall–Kier alpha value is -0.590. The maximum absolute atomic E-state index is 12.8. The molecule has 1 nitrogen and oxygen atoms in total. The normalized spacial score (nSPS) is 34.5. The van der Waals surface area contributed by atoms with Crippen LogP contribution in [0, 0.1) is 16.2 Å². The van der Waals surface area contributed by atoms with E-state index in [0.29, 0.717) is 5.78 Å². The van der Waals surface area contributed by atoms with Gasteiger partial charge in [0.25, 0.3) is 0 Å². The Balaban J connectivity index is 2.47. The monoisotopic (exact) mass is 262 g/mol. The quantitative estimate of drug-likeness (QED) is 0.627. The highest BCUT2D eigenvalue weighted by Gasteiger charge is 2.49. The SMILES string of the molecule is CC1=C(C2(C)CCCCC2(C)C)C(=O)CC(C)(C)C1. The number of carbonyl (C=O) groups is 1. The van der Waals surface area contributed by atoms with Crippen molar-refractivity contribution in [2.45, 2.75) is 80.1 Å². The van der Waals surface area contributed by atoms with Crippen molar-refractivity contribution in [2.24, 2.45) is 16.2 Å². The Morgan fingerprint density at radius 3 is 2.00 bits per heavy atom. The summed E-state index contributed by atoms with van der Waals surface area (Å²) in [7, 11) is 0. The molecular weight excluding hydrogens is 232 g/mol. The van der Waals surface area contributed by atoms with Crippen molar-refractivity contribution in [1.82, 2.24) is 0 Å². The Labute approximate surface area is 118 Å². The van der Waals surface area contributed by atoms with Crippen LogP contribution in [0.4, 0.5) is 0 Å². The molecule has 108 valence electrons. The van der Waals surface area contributed by atoms with Crippen LogP contribution in [-0.4, -0.2) is 5.78 Å². The highest BCUT2D eigenvalue weighted by atomic mass is 16.1. The number of hydrogen-bond donors (Lipinski definition) is 0. The summed E-state index contributed by atoms with van der Waals surface area (Å²) in [6.45, 7) is 13.7. The van der Waals surface area contributed by atoms with Crippen molar-refractivity contribution in [3.05, 3.63) is 11.1 Å². The summed E-state index contributed by atoms with van der Waals surface area (Å²) in [4.78, 5) is 12.8. The predicted molar refractivity (Wildman–Crippen MR) is 81.1 cm³/mol. The summed E-state index contributed by atoms with van der Waals surface area (Å²) in [5.74, 6) is 0.422. The number of rotatable bonds is 1. The predicted octanol–water partition coefficient (Wildman–Crippen LogP) is 5.30. The lowest BCUT2D eigenvalue weighted by Gasteiger charge is -2.51. The van der Waals surface area contributed by atoms with Gasteiger partial charge in [-0.05, 0) is 37.0 Å². The van der Waals surface area contributed by atoms with Gasteiger partial charge >= 0.3 is 0 Å². The summed E-state index contributed by atoms with van der Waals surface area (Å²) >= 11 is 0. The van der Waals surface area contributed by atoms with Crippen LogP contribution < -0.4 is 0 Å². The Morgan fingerprint density at radius 1 is 0.895 bits per heavy atom. The molecule has 1 saturated carbocycles. The van der Waals surface area contributed by atoms with Crippen LogP contribution in [-0.2, 0) is 4.79 Å². The van der Waals surface area contributed by atoms with Crippen LogP contribution >= 0.6 is 0 Å². The molecular formula is C18H30O. The van der Waals surface area contributed by atoms with Crippen molar-refractivity contribution in [3.63, 3.8) is 0 Å². The lowest BCUT2D eigenvalue weighted by atomic mass is 9.52. The number of Topliss-reactive ketones (excluding diaryl/α,β-unsaturated/α-hetero) is 1. The maximum Gasteiger partial charge on any atom is 0.159 e. The molecule has 19 heavy (non-hydrogen) atoms. The Morgan fingerprint density at radius 2 is 1.47 bits per heavy atom. The summed E-state index contributed by atoms with van der Waals surface area (Å²) in [5, 5.41) is 0. The van der Waals surface area contributed by atoms with E-state index in [1.54, 1.807) is 0 Å². The zero-order chi connectivity index (χ0) is 14.5. The highest BCUT2D eigenvalue weighted by Crippen LogP contribution is 2.57. The van der Waals surface area contributed by atoms with E-state index in [2.05, 4.69) is 41.5 Å². The lowest BCUT2D eigenvalue weighted by molar-refractivity contribution is -0.120. The third-order valence-corrected chi connectivity index (χ3v) is 5.86. The van der Waals surface area contributed by atoms with E-state index < -0.39 is 0 Å². The minimum absolute atomic E-state index is 0.0862. The van der Waals surface area contributed by atoms with Gasteiger partial charge in [-0.2, -0.15) is 0 Å². The fraction of sp³-hybridized carbons (Fsp3) is 0.833. The average molecular weight is 262 g/mol. The van der Waals surface area contributed by atoms with Crippen LogP contribution in [0.3, 0.4) is 0 Å². The molecule has 0 aromatic rings. The van der Waals surface area contributed by atoms with Gasteiger partial charge in [0.15, 0.2) is 5.78 Å². The third-order valence-electron chi connectivity index (χ3n) is 5.86. The first-order chi connectivity index (χ1) is 8.59. The minimum atomic E-state index is 0.0862. The van der Waals surface area contributed by atoms with Crippen LogP contribution in [0.2, 0.25) is 0 Å². The molecule has 0 radical (unpaired) electrons. The maximum atomic E-state index is 12.8. The molecule has 0 aromatic heterocycles. The van der Waals surface area contributed by atoms with Crippen LogP contribution in [0.1, 0.15) is 80.1 Å². The number of ketones is 1. The fourth-order valence-electron chi connectivity index (χ4n) is 4.53. The van der Waals surface area contributed by atoms with Crippen molar-refractivity contribution in [3.8, 4) is 0 Å². The summed E-state index contributed by atoms with van der Waals surface area (Å²) < 4.78 is 0. The van der Waals surface area contributed by atoms with Gasteiger partial charge in [0.1, 0.15) is 0 Å². The van der Waals surface area contributed by atoms with Crippen LogP contribution in [0.15, 0.2) is 11.1 Å². The van der Waals surface area contributed by atoms with Crippen molar-refractivity contribution in [2.75, 3.05) is 0 Å². The van der Waals surface area contributed by atoms with Gasteiger partial charge in [0.05, 0.1) is 0 Å². The van der Waals surface area contributed by atoms with Gasteiger partial charge in [0, 0.05) is 17.4 Å². The molecule has 1 atom stereocenters. The highest BCUT2D eigenvalue weighted by molar-refractivity contribution is 5.98. The van der Waals surface area contributed by atoms with E-state index in [4.69, 9.17) is 0 Å². The van der Waals surface area contributed by atoms with Gasteiger partial charge < -0.3 is 0 Å². The molecule has 0 amide bonds. The Bertz CT molecular complexity index is 425. The first-order valence-corrected chi connectivity index (χ1v) is 7.83. The molecule has 0 N–H and O–H groups in total. The average Bonchev–Trinajstić information content (AvgIpc) is 2.19. The fourth-order valence-corrected chi connectivity index (χ4v) is 4.53. The molecule has 1 heteroatoms. The molecule has 0 heterocycles. The number of allylic oxidation sites excluding steroid dienone is 2. The number of carbonyl (C=O) groups excluding carboxylic acids is 1. The van der Waals surface area contributed by atoms with E-state index in [1.165, 1.54) is 36.8 Å². The molecule has 0 spiro atoms. The molecule has 2 aliphatic rings. The van der Waals surface area contributed by atoms with E-state index in [9.17, 15) is 4.79 Å². The molecule has 1 unspecified atom stereocenters. The topological polar surface area (TPSA) is 17.1 Å². The lowest BCUT2D eigenvalue weighted by Crippen LogP contribution is -2.44. The molecule has 2 aliphatic carbocycles. The summed E-state index contributed by atoms with van der Waals surface area (Å²) in [6, 6.07) is 0. The molecule has 2 rings (SSSR count). The zero-order valence-corrected chi connectivity index (χ0v) is 13.7. The van der Waals surface area contributed by atoms with Gasteiger partial charge in [0.2, 0.25) is 0 Å². The molecule has 0 aliphatic heterocycles. The van der Waals surface area contributed by atoms with Gasteiger partial charge in [-0.25, -0.2) is 0 Å². The zero-order valence-electron chi connectivity index (χ0n) is 13.7. The van der Waals surface area contributed by atoms with Crippen LogP contribution in [0.25, 0.3) is 0 Å². The molecule has 1 fully saturated rings. The van der Waals surface area contributed by atoms with E-state index in [1.807, 2.05) is 0 Å². The van der Waals surface area contributed by atoms with E-state index in [0.717, 1.165) is 12.8 Å². The smallest absolute Gasteiger partial charge is 0.159 e. The van der Waals surface area contributed by atoms with Crippen molar-refractivity contribution in [1.29, 1.82) is 0 Å². The van der Waals surface area contributed by atoms with Gasteiger partial charge in [-0.15, -0.1) is 0 Å². The third kappa shape index (κ3) is 2.41. The molecule has 0 bridgehead atoms. The second-order valence-electron chi connectivity index (χ2n) is 8.52. The second kappa shape index (κ2) is 4.46. The Kier molecular flexibility index (Phi) is 3.48.